The molecule has 45 heavy (non-hydrogen) atoms. The molecule has 0 bridgehead atoms. The van der Waals surface area contributed by atoms with E-state index < -0.39 is 41.5 Å². The molecule has 4 saturated heterocycles. The summed E-state index contributed by atoms with van der Waals surface area (Å²) in [6, 6.07) is 14.5. The van der Waals surface area contributed by atoms with Gasteiger partial charge in [-0.1, -0.05) is 56.3 Å². The first-order valence-corrected chi connectivity index (χ1v) is 16.3. The number of carbonyl (C=O) groups is 3. The summed E-state index contributed by atoms with van der Waals surface area (Å²) in [6.07, 6.45) is 5.12. The molecule has 10 nitrogen and oxygen atoms in total. The van der Waals surface area contributed by atoms with Crippen LogP contribution in [0.5, 0.6) is 0 Å². The predicted octanol–water partition coefficient (Wildman–Crippen LogP) is 2.72. The van der Waals surface area contributed by atoms with Crippen molar-refractivity contribution >= 4 is 28.6 Å². The number of aromatic amines is 1. The molecule has 2 aromatic carbocycles. The van der Waals surface area contributed by atoms with Gasteiger partial charge >= 0.3 is 0 Å². The van der Waals surface area contributed by atoms with Gasteiger partial charge in [0.2, 0.25) is 17.5 Å². The van der Waals surface area contributed by atoms with Crippen molar-refractivity contribution in [3.63, 3.8) is 0 Å². The number of amides is 3. The van der Waals surface area contributed by atoms with Crippen molar-refractivity contribution < 1.29 is 24.2 Å². The number of likely N-dealkylation sites (N-methyl/N-ethyl adjacent to an activating group) is 1. The minimum absolute atomic E-state index is 0.164. The van der Waals surface area contributed by atoms with E-state index in [0.717, 1.165) is 17.5 Å². The molecule has 3 N–H and O–H groups in total. The monoisotopic (exact) mass is 611 g/mol. The first-order chi connectivity index (χ1) is 21.6. The van der Waals surface area contributed by atoms with E-state index in [1.165, 1.54) is 21.4 Å². The van der Waals surface area contributed by atoms with Gasteiger partial charge < -0.3 is 25.2 Å². The number of piperidine rings is 1. The Labute approximate surface area is 262 Å². The standard InChI is InChI=1S/C35H41N5O5/c1-20(2)34(37-31(41)23-16-25-24-11-7-12-26-30(24)22(18-36-26)17-27(25)38(3)19-23)33(43)40-28(15-21-9-5-4-6-10-21)32(42)39-14-8-13-29(39)35(40,44)45-34/h4-7,9-12,18,20,23,25,27-29,36,44H,8,13-17,19H2,1-3H3,(H,37,41)/t23-,25-,27-,28-,29+,34+,35+/m0/s1. The molecule has 1 aliphatic carbocycles. The highest BCUT2D eigenvalue weighted by molar-refractivity contribution is 5.98. The Morgan fingerprint density at radius 1 is 1.16 bits per heavy atom. The number of hydrogen-bond donors (Lipinski definition) is 3. The van der Waals surface area contributed by atoms with Crippen molar-refractivity contribution in [2.75, 3.05) is 20.1 Å². The number of nitrogens with one attached hydrogen (secondary N) is 2. The molecule has 0 radical (unpaired) electrons. The molecule has 0 unspecified atom stereocenters. The molecule has 3 aromatic rings. The van der Waals surface area contributed by atoms with Crippen LogP contribution >= 0.6 is 0 Å². The fourth-order valence-electron chi connectivity index (χ4n) is 8.99. The smallest absolute Gasteiger partial charge is 0.281 e. The van der Waals surface area contributed by atoms with Crippen LogP contribution < -0.4 is 5.32 Å². The summed E-state index contributed by atoms with van der Waals surface area (Å²) < 4.78 is 6.51. The second-order valence-electron chi connectivity index (χ2n) is 14.0. The normalized spacial score (nSPS) is 34.3. The second-order valence-corrected chi connectivity index (χ2v) is 14.0. The predicted molar refractivity (Wildman–Crippen MR) is 167 cm³/mol. The fourth-order valence-corrected chi connectivity index (χ4v) is 8.99. The molecular formula is C35H41N5O5. The fraction of sp³-hybridized carbons (Fsp3) is 0.514. The van der Waals surface area contributed by atoms with Gasteiger partial charge in [-0.3, -0.25) is 24.0 Å². The molecule has 0 saturated carbocycles. The Bertz CT molecular complexity index is 1690. The van der Waals surface area contributed by atoms with Gasteiger partial charge in [0, 0.05) is 54.5 Å². The number of aliphatic hydroxyl groups is 1. The van der Waals surface area contributed by atoms with E-state index in [1.54, 1.807) is 4.90 Å². The molecular weight excluding hydrogens is 570 g/mol. The Kier molecular flexibility index (Phi) is 6.47. The lowest BCUT2D eigenvalue weighted by molar-refractivity contribution is -0.321. The number of fused-ring (bicyclic) bond motifs is 5. The summed E-state index contributed by atoms with van der Waals surface area (Å²) in [5, 5.41) is 16.6. The van der Waals surface area contributed by atoms with Crippen molar-refractivity contribution in [1.29, 1.82) is 0 Å². The third-order valence-corrected chi connectivity index (χ3v) is 11.2. The topological polar surface area (TPSA) is 118 Å². The van der Waals surface area contributed by atoms with E-state index in [1.807, 2.05) is 44.2 Å². The number of aromatic nitrogens is 1. The molecule has 236 valence electrons. The number of nitrogens with zero attached hydrogens (tertiary/aromatic N) is 3. The largest absolute Gasteiger partial charge is 0.361 e. The van der Waals surface area contributed by atoms with Crippen LogP contribution in [0.1, 0.15) is 55.7 Å². The number of likely N-dealkylation sites (tertiary alicyclic amines) is 1. The van der Waals surface area contributed by atoms with Crippen molar-refractivity contribution in [2.45, 2.75) is 81.6 Å². The number of hydrogen-bond acceptors (Lipinski definition) is 6. The zero-order chi connectivity index (χ0) is 31.2. The van der Waals surface area contributed by atoms with Crippen molar-refractivity contribution in [1.82, 2.24) is 25.0 Å². The maximum absolute atomic E-state index is 14.6. The van der Waals surface area contributed by atoms with Gasteiger partial charge in [-0.25, -0.2) is 0 Å². The molecule has 5 aliphatic rings. The van der Waals surface area contributed by atoms with Crippen molar-refractivity contribution in [3.8, 4) is 0 Å². The van der Waals surface area contributed by atoms with Gasteiger partial charge in [-0.15, -0.1) is 0 Å². The highest BCUT2D eigenvalue weighted by atomic mass is 16.7. The highest BCUT2D eigenvalue weighted by Crippen LogP contribution is 2.49. The van der Waals surface area contributed by atoms with Crippen LogP contribution in [0.15, 0.2) is 54.7 Å². The molecule has 10 heteroatoms. The number of piperazine rings is 1. The molecule has 4 fully saturated rings. The lowest BCUT2D eigenvalue weighted by Gasteiger charge is -2.48. The molecule has 3 amide bonds. The van der Waals surface area contributed by atoms with E-state index in [0.29, 0.717) is 32.4 Å². The third-order valence-electron chi connectivity index (χ3n) is 11.2. The van der Waals surface area contributed by atoms with Crippen LogP contribution in [-0.4, -0.2) is 92.4 Å². The number of rotatable bonds is 5. The molecule has 8 rings (SSSR count). The molecule has 5 heterocycles. The third kappa shape index (κ3) is 4.08. The molecule has 0 spiro atoms. The average molecular weight is 612 g/mol. The Morgan fingerprint density at radius 3 is 2.73 bits per heavy atom. The Morgan fingerprint density at radius 2 is 1.96 bits per heavy atom. The van der Waals surface area contributed by atoms with Gasteiger partial charge in [0.05, 0.1) is 5.92 Å². The first-order valence-electron chi connectivity index (χ1n) is 16.3. The van der Waals surface area contributed by atoms with Gasteiger partial charge in [0.1, 0.15) is 12.1 Å². The zero-order valence-electron chi connectivity index (χ0n) is 26.0. The van der Waals surface area contributed by atoms with Gasteiger partial charge in [-0.05, 0) is 55.5 Å². The Hall–Kier alpha value is -3.73. The van der Waals surface area contributed by atoms with Crippen LogP contribution in [0.2, 0.25) is 0 Å². The maximum Gasteiger partial charge on any atom is 0.281 e. The summed E-state index contributed by atoms with van der Waals surface area (Å²) >= 11 is 0. The lowest BCUT2D eigenvalue weighted by Crippen LogP contribution is -2.71. The maximum atomic E-state index is 14.6. The first kappa shape index (κ1) is 28.7. The van der Waals surface area contributed by atoms with E-state index in [2.05, 4.69) is 46.6 Å². The Balaban J connectivity index is 1.12. The van der Waals surface area contributed by atoms with E-state index in [4.69, 9.17) is 4.74 Å². The second kappa shape index (κ2) is 10.1. The summed E-state index contributed by atoms with van der Waals surface area (Å²) in [5.74, 6) is -3.80. The van der Waals surface area contributed by atoms with E-state index in [-0.39, 0.29) is 30.2 Å². The SMILES string of the molecule is CC(C)[C@@]1(NC(=O)[C@H]2C[C@H]3c4cccc5[nH]cc(c45)C[C@@H]3N(C)C2)O[C@]2(O)[C@H]3CCCN3C(=O)[C@H](Cc3ccccc3)N2C1=O. The van der Waals surface area contributed by atoms with Crippen molar-refractivity contribution in [3.05, 3.63) is 71.4 Å². The molecule has 1 aromatic heterocycles. The van der Waals surface area contributed by atoms with Crippen LogP contribution in [0.4, 0.5) is 0 Å². The van der Waals surface area contributed by atoms with Crippen LogP contribution in [0.25, 0.3) is 10.9 Å². The van der Waals surface area contributed by atoms with Crippen LogP contribution in [0, 0.1) is 11.8 Å². The minimum atomic E-state index is -2.04. The van der Waals surface area contributed by atoms with Gasteiger partial charge in [-0.2, -0.15) is 0 Å². The summed E-state index contributed by atoms with van der Waals surface area (Å²) in [7, 11) is 2.07. The van der Waals surface area contributed by atoms with Crippen LogP contribution in [-0.2, 0) is 32.0 Å². The number of ether oxygens (including phenoxy) is 1. The number of carbonyl (C=O) groups excluding carboxylic acids is 3. The quantitative estimate of drug-likeness (QED) is 0.409. The number of benzene rings is 2. The number of H-pyrrole nitrogens is 1. The minimum Gasteiger partial charge on any atom is -0.361 e. The molecule has 4 aliphatic heterocycles. The lowest BCUT2D eigenvalue weighted by atomic mass is 9.72. The van der Waals surface area contributed by atoms with Gasteiger partial charge in [0.25, 0.3) is 11.8 Å². The van der Waals surface area contributed by atoms with Gasteiger partial charge in [0.15, 0.2) is 0 Å². The van der Waals surface area contributed by atoms with E-state index in [9.17, 15) is 19.5 Å². The average Bonchev–Trinajstić information content (AvgIpc) is 3.74. The summed E-state index contributed by atoms with van der Waals surface area (Å²) in [4.78, 5) is 51.4. The highest BCUT2D eigenvalue weighted by Gasteiger charge is 2.72. The van der Waals surface area contributed by atoms with E-state index >= 15 is 0 Å². The molecule has 7 atom stereocenters. The summed E-state index contributed by atoms with van der Waals surface area (Å²) in [6.45, 7) is 4.68. The van der Waals surface area contributed by atoms with Crippen LogP contribution in [0.3, 0.4) is 0 Å². The van der Waals surface area contributed by atoms with Crippen molar-refractivity contribution in [2.24, 2.45) is 11.8 Å². The summed E-state index contributed by atoms with van der Waals surface area (Å²) in [5.41, 5.74) is 2.75. The zero-order valence-corrected chi connectivity index (χ0v) is 26.0.